The number of aromatic nitrogens is 4. The Morgan fingerprint density at radius 2 is 1.84 bits per heavy atom. The molecular formula is C22H28N6O3. The van der Waals surface area contributed by atoms with Gasteiger partial charge in [0, 0.05) is 39.6 Å². The molecule has 1 aliphatic rings. The Labute approximate surface area is 179 Å². The van der Waals surface area contributed by atoms with Gasteiger partial charge in [-0.15, -0.1) is 0 Å². The highest BCUT2D eigenvalue weighted by molar-refractivity contribution is 5.77. The molecule has 0 unspecified atom stereocenters. The number of imidazole rings is 1. The maximum atomic E-state index is 12.8. The first kappa shape index (κ1) is 20.9. The summed E-state index contributed by atoms with van der Waals surface area (Å²) in [6, 6.07) is 6.24. The van der Waals surface area contributed by atoms with Gasteiger partial charge in [-0.2, -0.15) is 4.98 Å². The van der Waals surface area contributed by atoms with Gasteiger partial charge < -0.3 is 9.80 Å². The van der Waals surface area contributed by atoms with E-state index >= 15 is 0 Å². The summed E-state index contributed by atoms with van der Waals surface area (Å²) < 4.78 is 3.27. The minimum Gasteiger partial charge on any atom is -0.339 e. The second-order valence-corrected chi connectivity index (χ2v) is 8.14. The number of amides is 1. The number of aromatic amines is 1. The van der Waals surface area contributed by atoms with Crippen LogP contribution in [0.2, 0.25) is 0 Å². The molecule has 9 heteroatoms. The van der Waals surface area contributed by atoms with Crippen molar-refractivity contribution in [2.24, 2.45) is 7.05 Å². The number of carbonyl (C=O) groups is 1. The van der Waals surface area contributed by atoms with Gasteiger partial charge in [0.25, 0.3) is 5.56 Å². The maximum absolute atomic E-state index is 12.8. The highest BCUT2D eigenvalue weighted by Crippen LogP contribution is 2.24. The van der Waals surface area contributed by atoms with Gasteiger partial charge >= 0.3 is 5.69 Å². The van der Waals surface area contributed by atoms with Crippen LogP contribution in [0, 0.1) is 13.8 Å². The van der Waals surface area contributed by atoms with Crippen LogP contribution in [0.3, 0.4) is 0 Å². The van der Waals surface area contributed by atoms with Gasteiger partial charge in [-0.25, -0.2) is 4.79 Å². The summed E-state index contributed by atoms with van der Waals surface area (Å²) in [5.74, 6) is 0.786. The molecule has 1 fully saturated rings. The predicted molar refractivity (Wildman–Crippen MR) is 120 cm³/mol. The number of hydrogen-bond donors (Lipinski definition) is 1. The van der Waals surface area contributed by atoms with Crippen LogP contribution in [0.5, 0.6) is 0 Å². The van der Waals surface area contributed by atoms with Crippen molar-refractivity contribution in [3.8, 4) is 0 Å². The first-order chi connectivity index (χ1) is 14.8. The van der Waals surface area contributed by atoms with Crippen molar-refractivity contribution in [1.29, 1.82) is 0 Å². The summed E-state index contributed by atoms with van der Waals surface area (Å²) in [7, 11) is 1.61. The quantitative estimate of drug-likeness (QED) is 0.678. The molecule has 2 aromatic heterocycles. The van der Waals surface area contributed by atoms with Gasteiger partial charge in [0.15, 0.2) is 11.2 Å². The van der Waals surface area contributed by atoms with Crippen LogP contribution in [0.25, 0.3) is 11.2 Å². The molecule has 0 saturated carbocycles. The van der Waals surface area contributed by atoms with E-state index in [-0.39, 0.29) is 5.91 Å². The fourth-order valence-electron chi connectivity index (χ4n) is 4.13. The third kappa shape index (κ3) is 3.75. The molecular weight excluding hydrogens is 396 g/mol. The van der Waals surface area contributed by atoms with E-state index in [0.29, 0.717) is 56.3 Å². The summed E-state index contributed by atoms with van der Waals surface area (Å²) >= 11 is 0. The molecule has 0 aliphatic carbocycles. The molecule has 0 bridgehead atoms. The highest BCUT2D eigenvalue weighted by atomic mass is 16.2. The van der Waals surface area contributed by atoms with E-state index in [1.165, 1.54) is 4.57 Å². The van der Waals surface area contributed by atoms with Crippen molar-refractivity contribution in [3.63, 3.8) is 0 Å². The summed E-state index contributed by atoms with van der Waals surface area (Å²) in [6.45, 7) is 8.86. The Bertz CT molecular complexity index is 1260. The monoisotopic (exact) mass is 424 g/mol. The van der Waals surface area contributed by atoms with Crippen LogP contribution in [-0.4, -0.2) is 56.1 Å². The zero-order chi connectivity index (χ0) is 22.3. The van der Waals surface area contributed by atoms with E-state index in [2.05, 4.69) is 28.1 Å². The van der Waals surface area contributed by atoms with E-state index in [1.54, 1.807) is 7.05 Å². The molecule has 1 amide bonds. The first-order valence-electron chi connectivity index (χ1n) is 10.6. The molecule has 1 N–H and O–H groups in total. The first-order valence-corrected chi connectivity index (χ1v) is 10.6. The Morgan fingerprint density at radius 3 is 2.52 bits per heavy atom. The molecule has 3 aromatic rings. The molecule has 3 heterocycles. The van der Waals surface area contributed by atoms with Gasteiger partial charge in [0.2, 0.25) is 11.9 Å². The lowest BCUT2D eigenvalue weighted by atomic mass is 10.1. The Morgan fingerprint density at radius 1 is 1.13 bits per heavy atom. The van der Waals surface area contributed by atoms with Crippen LogP contribution in [0.1, 0.15) is 30.0 Å². The minimum atomic E-state index is -0.487. The molecule has 0 atom stereocenters. The lowest BCUT2D eigenvalue weighted by Gasteiger charge is -2.35. The van der Waals surface area contributed by atoms with Crippen molar-refractivity contribution in [3.05, 3.63) is 55.7 Å². The fourth-order valence-corrected chi connectivity index (χ4v) is 4.13. The third-order valence-electron chi connectivity index (χ3n) is 6.04. The number of rotatable bonds is 4. The van der Waals surface area contributed by atoms with E-state index < -0.39 is 11.2 Å². The Kier molecular flexibility index (Phi) is 5.43. The number of piperazine rings is 1. The highest BCUT2D eigenvalue weighted by Gasteiger charge is 2.26. The standard InChI is InChI=1S/C22H28N6O3/c1-5-17(29)26-8-10-27(11-9-26)21-23-19-18(20(30)24-22(31)25(19)4)28(21)13-16-12-14(2)6-7-15(16)3/h6-7,12H,5,8-11,13H2,1-4H3,(H,24,30,31). The zero-order valence-electron chi connectivity index (χ0n) is 18.4. The molecule has 0 radical (unpaired) electrons. The zero-order valence-corrected chi connectivity index (χ0v) is 18.4. The molecule has 1 aliphatic heterocycles. The van der Waals surface area contributed by atoms with Gasteiger partial charge in [0.1, 0.15) is 0 Å². The molecule has 0 spiro atoms. The van der Waals surface area contributed by atoms with Crippen molar-refractivity contribution in [2.75, 3.05) is 31.1 Å². The molecule has 4 rings (SSSR count). The van der Waals surface area contributed by atoms with Crippen LogP contribution < -0.4 is 16.1 Å². The topological polar surface area (TPSA) is 96.2 Å². The number of anilines is 1. The largest absolute Gasteiger partial charge is 0.339 e. The number of nitrogens with zero attached hydrogens (tertiary/aromatic N) is 5. The summed E-state index contributed by atoms with van der Waals surface area (Å²) in [5, 5.41) is 0. The number of hydrogen-bond acceptors (Lipinski definition) is 5. The number of benzene rings is 1. The normalized spacial score (nSPS) is 14.5. The van der Waals surface area contributed by atoms with Crippen molar-refractivity contribution < 1.29 is 4.79 Å². The predicted octanol–water partition coefficient (Wildman–Crippen LogP) is 1.15. The Hall–Kier alpha value is -3.36. The SMILES string of the molecule is CCC(=O)N1CCN(c2nc3c(c(=O)[nH]c(=O)n3C)n2Cc2cc(C)ccc2C)CC1. The average molecular weight is 425 g/mol. The van der Waals surface area contributed by atoms with Crippen LogP contribution in [0.15, 0.2) is 27.8 Å². The number of carbonyl (C=O) groups excluding carboxylic acids is 1. The molecule has 1 saturated heterocycles. The smallest absolute Gasteiger partial charge is 0.329 e. The van der Waals surface area contributed by atoms with Crippen LogP contribution >= 0.6 is 0 Å². The number of fused-ring (bicyclic) bond motifs is 1. The van der Waals surface area contributed by atoms with E-state index in [0.717, 1.165) is 16.7 Å². The molecule has 164 valence electrons. The van der Waals surface area contributed by atoms with Gasteiger partial charge in [-0.05, 0) is 25.0 Å². The van der Waals surface area contributed by atoms with E-state index in [1.807, 2.05) is 30.2 Å². The number of nitrogens with one attached hydrogen (secondary N) is 1. The minimum absolute atomic E-state index is 0.141. The number of H-pyrrole nitrogens is 1. The number of aryl methyl sites for hydroxylation is 3. The van der Waals surface area contributed by atoms with Gasteiger partial charge in [0.05, 0.1) is 6.54 Å². The van der Waals surface area contributed by atoms with Crippen LogP contribution in [-0.2, 0) is 18.4 Å². The second-order valence-electron chi connectivity index (χ2n) is 8.14. The van der Waals surface area contributed by atoms with Crippen molar-refractivity contribution >= 4 is 23.0 Å². The second kappa shape index (κ2) is 8.05. The summed E-state index contributed by atoms with van der Waals surface area (Å²) in [6.07, 6.45) is 0.489. The van der Waals surface area contributed by atoms with E-state index in [9.17, 15) is 14.4 Å². The fraction of sp³-hybridized carbons (Fsp3) is 0.455. The molecule has 9 nitrogen and oxygen atoms in total. The van der Waals surface area contributed by atoms with Crippen LogP contribution in [0.4, 0.5) is 5.95 Å². The average Bonchev–Trinajstić information content (AvgIpc) is 3.14. The lowest BCUT2D eigenvalue weighted by Crippen LogP contribution is -2.49. The third-order valence-corrected chi connectivity index (χ3v) is 6.04. The Balaban J connectivity index is 1.82. The van der Waals surface area contributed by atoms with Gasteiger partial charge in [-0.1, -0.05) is 30.7 Å². The molecule has 1 aromatic carbocycles. The maximum Gasteiger partial charge on any atom is 0.329 e. The van der Waals surface area contributed by atoms with E-state index in [4.69, 9.17) is 4.98 Å². The van der Waals surface area contributed by atoms with Crippen molar-refractivity contribution in [1.82, 2.24) is 24.0 Å². The van der Waals surface area contributed by atoms with Crippen molar-refractivity contribution in [2.45, 2.75) is 33.7 Å². The molecule has 31 heavy (non-hydrogen) atoms. The summed E-state index contributed by atoms with van der Waals surface area (Å²) in [4.78, 5) is 48.1. The summed E-state index contributed by atoms with van der Waals surface area (Å²) in [5.41, 5.74) is 3.16. The lowest BCUT2D eigenvalue weighted by molar-refractivity contribution is -0.131. The van der Waals surface area contributed by atoms with Gasteiger partial charge in [-0.3, -0.25) is 23.7 Å².